The van der Waals surface area contributed by atoms with Gasteiger partial charge < -0.3 is 5.32 Å². The Hall–Kier alpha value is -3.16. The Bertz CT molecular complexity index is 1010. The zero-order valence-corrected chi connectivity index (χ0v) is 14.2. The lowest BCUT2D eigenvalue weighted by Gasteiger charge is -2.10. The highest BCUT2D eigenvalue weighted by atomic mass is 19.4. The van der Waals surface area contributed by atoms with E-state index in [4.69, 9.17) is 0 Å². The minimum atomic E-state index is -4.36. The number of amides is 1. The smallest absolute Gasteiger partial charge is 0.354 e. The molecule has 1 heterocycles. The number of nitrogens with one attached hydrogen (secondary N) is 1. The van der Waals surface area contributed by atoms with E-state index in [1.54, 1.807) is 24.3 Å². The maximum absolute atomic E-state index is 12.5. The van der Waals surface area contributed by atoms with Crippen molar-refractivity contribution in [3.63, 3.8) is 0 Å². The summed E-state index contributed by atoms with van der Waals surface area (Å²) in [7, 11) is 0. The van der Waals surface area contributed by atoms with E-state index in [9.17, 15) is 22.8 Å². The van der Waals surface area contributed by atoms with Crippen LogP contribution < -0.4 is 10.7 Å². The second-order valence-electron chi connectivity index (χ2n) is 5.98. The molecule has 0 aliphatic rings. The highest BCUT2D eigenvalue weighted by Gasteiger charge is 2.29. The van der Waals surface area contributed by atoms with Crippen LogP contribution >= 0.6 is 0 Å². The van der Waals surface area contributed by atoms with Crippen LogP contribution in [0.15, 0.2) is 59.5 Å². The summed E-state index contributed by atoms with van der Waals surface area (Å²) in [6.07, 6.45) is -2.79. The summed E-state index contributed by atoms with van der Waals surface area (Å²) >= 11 is 0. The summed E-state index contributed by atoms with van der Waals surface area (Å²) in [6, 6.07) is 11.7. The minimum absolute atomic E-state index is 0.0617. The maximum atomic E-state index is 12.5. The lowest BCUT2D eigenvalue weighted by molar-refractivity contribution is -0.137. The zero-order chi connectivity index (χ0) is 19.4. The van der Waals surface area contributed by atoms with Crippen molar-refractivity contribution >= 4 is 16.8 Å². The predicted molar refractivity (Wildman–Crippen MR) is 94.2 cm³/mol. The highest BCUT2D eigenvalue weighted by Crippen LogP contribution is 2.29. The lowest BCUT2D eigenvalue weighted by atomic mass is 10.1. The Morgan fingerprint density at radius 1 is 1.07 bits per heavy atom. The van der Waals surface area contributed by atoms with Gasteiger partial charge in [-0.2, -0.15) is 18.3 Å². The summed E-state index contributed by atoms with van der Waals surface area (Å²) in [6.45, 7) is 0.218. The second kappa shape index (κ2) is 7.61. The second-order valence-corrected chi connectivity index (χ2v) is 5.98. The number of nitrogens with zero attached hydrogens (tertiary/aromatic N) is 2. The fourth-order valence-corrected chi connectivity index (χ4v) is 2.69. The molecule has 8 heteroatoms. The van der Waals surface area contributed by atoms with Crippen LogP contribution in [0.3, 0.4) is 0 Å². The van der Waals surface area contributed by atoms with Crippen molar-refractivity contribution in [2.45, 2.75) is 19.1 Å². The number of halogens is 3. The van der Waals surface area contributed by atoms with Gasteiger partial charge in [0.15, 0.2) is 0 Å². The molecule has 0 unspecified atom stereocenters. The molecular formula is C19H16F3N3O2. The van der Waals surface area contributed by atoms with Gasteiger partial charge in [-0.3, -0.25) is 14.3 Å². The molecule has 27 heavy (non-hydrogen) atoms. The average molecular weight is 375 g/mol. The number of hydrogen-bond acceptors (Lipinski definition) is 3. The molecule has 0 aliphatic carbocycles. The maximum Gasteiger partial charge on any atom is 0.416 e. The first-order valence-electron chi connectivity index (χ1n) is 8.22. The van der Waals surface area contributed by atoms with Gasteiger partial charge in [-0.05, 0) is 36.2 Å². The Morgan fingerprint density at radius 3 is 2.48 bits per heavy atom. The van der Waals surface area contributed by atoms with Crippen LogP contribution in [0.2, 0.25) is 0 Å². The molecule has 1 N–H and O–H groups in total. The van der Waals surface area contributed by atoms with Crippen LogP contribution in [0.1, 0.15) is 11.1 Å². The summed E-state index contributed by atoms with van der Waals surface area (Å²) < 4.78 is 39.0. The number of hydrogen-bond donors (Lipinski definition) is 1. The van der Waals surface area contributed by atoms with Crippen molar-refractivity contribution in [2.24, 2.45) is 0 Å². The minimum Gasteiger partial charge on any atom is -0.354 e. The number of benzene rings is 2. The number of rotatable bonds is 5. The molecule has 140 valence electrons. The Kier molecular flexibility index (Phi) is 5.25. The first kappa shape index (κ1) is 18.6. The number of alkyl halides is 3. The molecule has 0 saturated carbocycles. The van der Waals surface area contributed by atoms with Crippen molar-refractivity contribution in [1.29, 1.82) is 0 Å². The molecule has 0 bridgehead atoms. The molecule has 1 aromatic heterocycles. The largest absolute Gasteiger partial charge is 0.416 e. The zero-order valence-electron chi connectivity index (χ0n) is 14.2. The van der Waals surface area contributed by atoms with E-state index in [2.05, 4.69) is 10.4 Å². The van der Waals surface area contributed by atoms with Crippen molar-refractivity contribution < 1.29 is 18.0 Å². The standard InChI is InChI=1S/C19H16F3N3O2/c20-19(21,22)14-7-5-13(6-8-14)9-10-23-18(27)12-25-16-4-2-1-3-15(16)17(26)11-24-25/h1-8,11H,9-10,12H2,(H,23,27). The van der Waals surface area contributed by atoms with E-state index in [0.717, 1.165) is 18.3 Å². The Labute approximate surface area is 152 Å². The fraction of sp³-hybridized carbons (Fsp3) is 0.211. The van der Waals surface area contributed by atoms with Crippen LogP contribution in [0, 0.1) is 0 Å². The van der Waals surface area contributed by atoms with Gasteiger partial charge in [0.05, 0.1) is 17.3 Å². The molecule has 1 amide bonds. The molecule has 3 rings (SSSR count). The molecule has 5 nitrogen and oxygen atoms in total. The van der Waals surface area contributed by atoms with Crippen LogP contribution in [-0.4, -0.2) is 22.2 Å². The van der Waals surface area contributed by atoms with Gasteiger partial charge in [-0.15, -0.1) is 0 Å². The lowest BCUT2D eigenvalue weighted by Crippen LogP contribution is -2.30. The normalized spacial score (nSPS) is 11.5. The number of carbonyl (C=O) groups excluding carboxylic acids is 1. The highest BCUT2D eigenvalue weighted by molar-refractivity contribution is 5.81. The van der Waals surface area contributed by atoms with Crippen molar-refractivity contribution in [3.8, 4) is 0 Å². The first-order valence-corrected chi connectivity index (χ1v) is 8.22. The van der Waals surface area contributed by atoms with E-state index in [1.807, 2.05) is 0 Å². The third kappa shape index (κ3) is 4.52. The molecule has 0 fully saturated rings. The Morgan fingerprint density at radius 2 is 1.78 bits per heavy atom. The quantitative estimate of drug-likeness (QED) is 0.746. The first-order chi connectivity index (χ1) is 12.8. The number of carbonyl (C=O) groups is 1. The van der Waals surface area contributed by atoms with Gasteiger partial charge >= 0.3 is 6.18 Å². The van der Waals surface area contributed by atoms with Crippen LogP contribution in [0.25, 0.3) is 10.9 Å². The van der Waals surface area contributed by atoms with Crippen LogP contribution in [0.4, 0.5) is 13.2 Å². The van der Waals surface area contributed by atoms with E-state index in [1.165, 1.54) is 16.8 Å². The summed E-state index contributed by atoms with van der Waals surface area (Å²) in [4.78, 5) is 23.9. The molecule has 2 aromatic carbocycles. The number of aromatic nitrogens is 2. The van der Waals surface area contributed by atoms with E-state index in [0.29, 0.717) is 22.9 Å². The number of para-hydroxylation sites is 1. The molecule has 0 saturated heterocycles. The molecule has 0 spiro atoms. The van der Waals surface area contributed by atoms with Gasteiger partial charge in [0.1, 0.15) is 6.54 Å². The van der Waals surface area contributed by atoms with E-state index in [-0.39, 0.29) is 24.4 Å². The molecule has 0 radical (unpaired) electrons. The third-order valence-electron chi connectivity index (χ3n) is 4.07. The molecule has 3 aromatic rings. The van der Waals surface area contributed by atoms with Gasteiger partial charge in [0.2, 0.25) is 11.3 Å². The third-order valence-corrected chi connectivity index (χ3v) is 4.07. The Balaban J connectivity index is 1.58. The molecule has 0 atom stereocenters. The van der Waals surface area contributed by atoms with Gasteiger partial charge in [0, 0.05) is 11.9 Å². The molecular weight excluding hydrogens is 359 g/mol. The van der Waals surface area contributed by atoms with E-state index >= 15 is 0 Å². The average Bonchev–Trinajstić information content (AvgIpc) is 2.64. The van der Waals surface area contributed by atoms with Crippen LogP contribution in [-0.2, 0) is 23.9 Å². The fourth-order valence-electron chi connectivity index (χ4n) is 2.69. The van der Waals surface area contributed by atoms with Crippen molar-refractivity contribution in [2.75, 3.05) is 6.54 Å². The summed E-state index contributed by atoms with van der Waals surface area (Å²) in [5.41, 5.74) is 0.328. The SMILES string of the molecule is O=C(Cn1ncc(=O)c2ccccc21)NCCc1ccc(C(F)(F)F)cc1. The topological polar surface area (TPSA) is 64.0 Å². The van der Waals surface area contributed by atoms with Gasteiger partial charge in [-0.25, -0.2) is 0 Å². The van der Waals surface area contributed by atoms with Crippen LogP contribution in [0.5, 0.6) is 0 Å². The molecule has 0 aliphatic heterocycles. The summed E-state index contributed by atoms with van der Waals surface area (Å²) in [5, 5.41) is 7.16. The van der Waals surface area contributed by atoms with Crippen molar-refractivity contribution in [3.05, 3.63) is 76.1 Å². The van der Waals surface area contributed by atoms with Gasteiger partial charge in [-0.1, -0.05) is 24.3 Å². The summed E-state index contributed by atoms with van der Waals surface area (Å²) in [5.74, 6) is -0.303. The van der Waals surface area contributed by atoms with Crippen molar-refractivity contribution in [1.82, 2.24) is 15.1 Å². The van der Waals surface area contributed by atoms with Gasteiger partial charge in [0.25, 0.3) is 0 Å². The monoisotopic (exact) mass is 375 g/mol. The predicted octanol–water partition coefficient (Wildman–Crippen LogP) is 2.77. The van der Waals surface area contributed by atoms with E-state index < -0.39 is 11.7 Å². The number of fused-ring (bicyclic) bond motifs is 1.